The van der Waals surface area contributed by atoms with Gasteiger partial charge in [0.25, 0.3) is 5.91 Å². The molecule has 1 fully saturated rings. The Labute approximate surface area is 219 Å². The van der Waals surface area contributed by atoms with Crippen LogP contribution in [-0.2, 0) is 14.8 Å². The topological polar surface area (TPSA) is 95.6 Å². The number of piperidine rings is 1. The Hall–Kier alpha value is -3.23. The van der Waals surface area contributed by atoms with E-state index in [1.165, 1.54) is 0 Å². The Morgan fingerprint density at radius 2 is 1.68 bits per heavy atom. The van der Waals surface area contributed by atoms with Gasteiger partial charge in [0, 0.05) is 47.6 Å². The summed E-state index contributed by atoms with van der Waals surface area (Å²) in [5.74, 6) is -0.130. The zero-order valence-electron chi connectivity index (χ0n) is 21.9. The Kier molecular flexibility index (Phi) is 7.71. The number of sulfonamides is 1. The second-order valence-corrected chi connectivity index (χ2v) is 12.1. The van der Waals surface area contributed by atoms with Gasteiger partial charge in [-0.3, -0.25) is 9.59 Å². The summed E-state index contributed by atoms with van der Waals surface area (Å²) in [5, 5.41) is 4.13. The molecule has 2 amide bonds. The summed E-state index contributed by atoms with van der Waals surface area (Å²) in [6.45, 7) is 8.87. The third kappa shape index (κ3) is 5.70. The summed E-state index contributed by atoms with van der Waals surface area (Å²) in [7, 11) is -3.88. The van der Waals surface area contributed by atoms with E-state index in [9.17, 15) is 18.0 Å². The lowest BCUT2D eigenvalue weighted by Gasteiger charge is -2.44. The summed E-state index contributed by atoms with van der Waals surface area (Å²) in [6.07, 6.45) is 1.84. The van der Waals surface area contributed by atoms with Gasteiger partial charge in [0.1, 0.15) is 0 Å². The Balaban J connectivity index is 1.60. The smallest absolute Gasteiger partial charge is 0.255 e. The number of anilines is 1. The molecule has 0 radical (unpaired) electrons. The zero-order chi connectivity index (χ0) is 26.8. The first kappa shape index (κ1) is 26.8. The first-order valence-corrected chi connectivity index (χ1v) is 14.2. The number of hydrogen-bond donors (Lipinski definition) is 2. The SMILES string of the molecule is CCCC(=O)N1CCC(NS(=O)(=O)c2ccc(NC(=O)c3ccccc3C)c3ccccc23)C(C)(C)C1. The van der Waals surface area contributed by atoms with E-state index in [1.54, 1.807) is 30.3 Å². The van der Waals surface area contributed by atoms with Crippen LogP contribution in [0.2, 0.25) is 0 Å². The van der Waals surface area contributed by atoms with Crippen LogP contribution in [0.5, 0.6) is 0 Å². The first-order chi connectivity index (χ1) is 17.5. The maximum absolute atomic E-state index is 13.6. The van der Waals surface area contributed by atoms with Crippen molar-refractivity contribution >= 4 is 38.3 Å². The largest absolute Gasteiger partial charge is 0.342 e. The molecule has 196 valence electrons. The number of amides is 2. The number of fused-ring (bicyclic) bond motifs is 1. The molecule has 8 heteroatoms. The normalized spacial score (nSPS) is 17.5. The van der Waals surface area contributed by atoms with Gasteiger partial charge >= 0.3 is 0 Å². The number of nitrogens with one attached hydrogen (secondary N) is 2. The molecule has 3 aromatic carbocycles. The molecule has 3 aromatic rings. The van der Waals surface area contributed by atoms with Crippen molar-refractivity contribution < 1.29 is 18.0 Å². The number of rotatable bonds is 7. The lowest BCUT2D eigenvalue weighted by atomic mass is 9.79. The lowest BCUT2D eigenvalue weighted by Crippen LogP contribution is -2.56. The zero-order valence-corrected chi connectivity index (χ0v) is 22.7. The molecule has 0 aromatic heterocycles. The quantitative estimate of drug-likeness (QED) is 0.452. The van der Waals surface area contributed by atoms with Gasteiger partial charge in [-0.25, -0.2) is 13.1 Å². The summed E-state index contributed by atoms with van der Waals surface area (Å²) in [6, 6.07) is 17.4. The maximum atomic E-state index is 13.6. The van der Waals surface area contributed by atoms with Gasteiger partial charge in [-0.1, -0.05) is 63.2 Å². The lowest BCUT2D eigenvalue weighted by molar-refractivity contribution is -0.134. The average molecular weight is 522 g/mol. The van der Waals surface area contributed by atoms with E-state index in [2.05, 4.69) is 10.0 Å². The predicted octanol–water partition coefficient (Wildman–Crippen LogP) is 5.11. The highest BCUT2D eigenvalue weighted by atomic mass is 32.2. The molecule has 1 unspecified atom stereocenters. The number of hydrogen-bond acceptors (Lipinski definition) is 4. The fourth-order valence-electron chi connectivity index (χ4n) is 5.04. The number of nitrogens with zero attached hydrogens (tertiary/aromatic N) is 1. The molecule has 2 N–H and O–H groups in total. The molecule has 1 aliphatic rings. The fourth-order valence-corrected chi connectivity index (χ4v) is 6.70. The van der Waals surface area contributed by atoms with Crippen molar-refractivity contribution in [1.29, 1.82) is 0 Å². The van der Waals surface area contributed by atoms with Gasteiger partial charge in [0.2, 0.25) is 15.9 Å². The molecule has 4 rings (SSSR count). The number of carbonyl (C=O) groups excluding carboxylic acids is 2. The number of likely N-dealkylation sites (tertiary alicyclic amines) is 1. The fraction of sp³-hybridized carbons (Fsp3) is 0.379. The third-order valence-corrected chi connectivity index (χ3v) is 8.68. The number of carbonyl (C=O) groups is 2. The van der Waals surface area contributed by atoms with E-state index in [1.807, 2.05) is 62.9 Å². The monoisotopic (exact) mass is 521 g/mol. The van der Waals surface area contributed by atoms with Crippen LogP contribution in [0.1, 0.15) is 56.0 Å². The molecule has 1 atom stereocenters. The molecule has 0 saturated carbocycles. The minimum absolute atomic E-state index is 0.117. The van der Waals surface area contributed by atoms with Crippen LogP contribution in [0, 0.1) is 12.3 Å². The van der Waals surface area contributed by atoms with Crippen LogP contribution >= 0.6 is 0 Å². The standard InChI is InChI=1S/C29H35N3O4S/c1-5-10-27(33)32-18-17-26(29(3,4)19-32)31-37(35,36)25-16-15-24(22-13-8-9-14-23(22)25)30-28(34)21-12-7-6-11-20(21)2/h6-9,11-16,26,31H,5,10,17-19H2,1-4H3,(H,30,34). The second-order valence-electron chi connectivity index (χ2n) is 10.4. The van der Waals surface area contributed by atoms with Crippen molar-refractivity contribution in [1.82, 2.24) is 9.62 Å². The summed E-state index contributed by atoms with van der Waals surface area (Å²) in [4.78, 5) is 27.4. The van der Waals surface area contributed by atoms with Crippen LogP contribution < -0.4 is 10.0 Å². The van der Waals surface area contributed by atoms with Gasteiger partial charge in [-0.15, -0.1) is 0 Å². The van der Waals surface area contributed by atoms with Crippen LogP contribution in [0.25, 0.3) is 10.8 Å². The van der Waals surface area contributed by atoms with E-state index in [-0.39, 0.29) is 22.8 Å². The van der Waals surface area contributed by atoms with Crippen LogP contribution in [0.15, 0.2) is 65.6 Å². The Bertz CT molecular complexity index is 1430. The molecule has 1 heterocycles. The van der Waals surface area contributed by atoms with Crippen LogP contribution in [0.3, 0.4) is 0 Å². The van der Waals surface area contributed by atoms with Crippen molar-refractivity contribution in [3.8, 4) is 0 Å². The van der Waals surface area contributed by atoms with E-state index >= 15 is 0 Å². The van der Waals surface area contributed by atoms with Crippen LogP contribution in [0.4, 0.5) is 5.69 Å². The molecule has 1 aliphatic heterocycles. The molecule has 7 nitrogen and oxygen atoms in total. The summed E-state index contributed by atoms with van der Waals surface area (Å²) >= 11 is 0. The molecular weight excluding hydrogens is 486 g/mol. The van der Waals surface area contributed by atoms with Gasteiger partial charge in [-0.2, -0.15) is 0 Å². The first-order valence-electron chi connectivity index (χ1n) is 12.7. The minimum Gasteiger partial charge on any atom is -0.342 e. The van der Waals surface area contributed by atoms with Gasteiger partial charge in [0.05, 0.1) is 4.90 Å². The van der Waals surface area contributed by atoms with E-state index in [0.717, 1.165) is 12.0 Å². The second kappa shape index (κ2) is 10.6. The predicted molar refractivity (Wildman–Crippen MR) is 147 cm³/mol. The van der Waals surface area contributed by atoms with Gasteiger partial charge in [-0.05, 0) is 48.9 Å². The Morgan fingerprint density at radius 3 is 2.35 bits per heavy atom. The van der Waals surface area contributed by atoms with Crippen LogP contribution in [-0.4, -0.2) is 44.3 Å². The van der Waals surface area contributed by atoms with Gasteiger partial charge < -0.3 is 10.2 Å². The number of aryl methyl sites for hydroxylation is 1. The Morgan fingerprint density at radius 1 is 1.00 bits per heavy atom. The number of benzene rings is 3. The molecule has 0 spiro atoms. The van der Waals surface area contributed by atoms with E-state index < -0.39 is 15.4 Å². The minimum atomic E-state index is -3.88. The average Bonchev–Trinajstić information content (AvgIpc) is 2.85. The summed E-state index contributed by atoms with van der Waals surface area (Å²) < 4.78 is 30.2. The highest BCUT2D eigenvalue weighted by Crippen LogP contribution is 2.34. The van der Waals surface area contributed by atoms with Crippen molar-refractivity contribution in [2.45, 2.75) is 57.9 Å². The molecule has 37 heavy (non-hydrogen) atoms. The molecule has 1 saturated heterocycles. The van der Waals surface area contributed by atoms with Gasteiger partial charge in [0.15, 0.2) is 0 Å². The molecule has 0 aliphatic carbocycles. The van der Waals surface area contributed by atoms with E-state index in [0.29, 0.717) is 48.0 Å². The maximum Gasteiger partial charge on any atom is 0.255 e. The summed E-state index contributed by atoms with van der Waals surface area (Å²) in [5.41, 5.74) is 1.55. The van der Waals surface area contributed by atoms with Crippen molar-refractivity contribution in [3.05, 3.63) is 71.8 Å². The highest BCUT2D eigenvalue weighted by molar-refractivity contribution is 7.89. The highest BCUT2D eigenvalue weighted by Gasteiger charge is 2.39. The third-order valence-electron chi connectivity index (χ3n) is 7.15. The van der Waals surface area contributed by atoms with Crippen molar-refractivity contribution in [2.75, 3.05) is 18.4 Å². The molecular formula is C29H35N3O4S. The van der Waals surface area contributed by atoms with E-state index in [4.69, 9.17) is 0 Å². The molecule has 0 bridgehead atoms. The van der Waals surface area contributed by atoms with Crippen molar-refractivity contribution in [3.63, 3.8) is 0 Å². The van der Waals surface area contributed by atoms with Crippen molar-refractivity contribution in [2.24, 2.45) is 5.41 Å².